The molecule has 2 N–H and O–H groups in total. The predicted molar refractivity (Wildman–Crippen MR) is 108 cm³/mol. The zero-order valence-electron chi connectivity index (χ0n) is 16.7. The Labute approximate surface area is 180 Å². The molecular formula is C17H28Cl3N3O5. The van der Waals surface area contributed by atoms with Crippen molar-refractivity contribution in [3.8, 4) is 0 Å². The number of carbonyl (C=O) groups is 3. The van der Waals surface area contributed by atoms with Gasteiger partial charge in [0.15, 0.2) is 0 Å². The first-order valence-electron chi connectivity index (χ1n) is 8.88. The van der Waals surface area contributed by atoms with Crippen LogP contribution in [0.3, 0.4) is 0 Å². The van der Waals surface area contributed by atoms with Gasteiger partial charge in [-0.15, -0.1) is 0 Å². The average Bonchev–Trinajstić information content (AvgIpc) is 2.51. The van der Waals surface area contributed by atoms with Crippen LogP contribution in [0.1, 0.15) is 40.0 Å². The Bertz CT molecular complexity index is 575. The van der Waals surface area contributed by atoms with Crippen LogP contribution in [0.5, 0.6) is 0 Å². The van der Waals surface area contributed by atoms with E-state index in [1.165, 1.54) is 4.90 Å². The molecule has 11 heteroatoms. The smallest absolute Gasteiger partial charge is 0.407 e. The van der Waals surface area contributed by atoms with Crippen molar-refractivity contribution in [1.29, 1.82) is 0 Å². The second-order valence-electron chi connectivity index (χ2n) is 7.94. The van der Waals surface area contributed by atoms with E-state index in [1.807, 2.05) is 0 Å². The van der Waals surface area contributed by atoms with E-state index in [9.17, 15) is 14.4 Å². The number of alkyl halides is 3. The van der Waals surface area contributed by atoms with Crippen LogP contribution in [0.15, 0.2) is 0 Å². The molecular weight excluding hydrogens is 433 g/mol. The number of nitrogens with one attached hydrogen (secondary N) is 2. The number of hydrogen-bond acceptors (Lipinski definition) is 5. The van der Waals surface area contributed by atoms with Crippen LogP contribution in [0.4, 0.5) is 9.59 Å². The van der Waals surface area contributed by atoms with Gasteiger partial charge in [0.05, 0.1) is 12.1 Å². The van der Waals surface area contributed by atoms with Gasteiger partial charge >= 0.3 is 12.2 Å². The predicted octanol–water partition coefficient (Wildman–Crippen LogP) is 3.23. The van der Waals surface area contributed by atoms with Crippen molar-refractivity contribution in [2.75, 3.05) is 20.7 Å². The highest BCUT2D eigenvalue weighted by Gasteiger charge is 2.37. The van der Waals surface area contributed by atoms with Gasteiger partial charge in [-0.25, -0.2) is 9.59 Å². The number of halogens is 3. The minimum absolute atomic E-state index is 0.0341. The Morgan fingerprint density at radius 2 is 1.57 bits per heavy atom. The molecule has 1 aliphatic carbocycles. The minimum atomic E-state index is -1.72. The SMILES string of the molecule is CN(C)C(=O)[C@H]1CC[C@H](NC(=O)OCC(Cl)(Cl)Cl)[C@@H](NC(=O)OC(C)(C)C)C1. The summed E-state index contributed by atoms with van der Waals surface area (Å²) in [6.07, 6.45) is -0.0281. The van der Waals surface area contributed by atoms with Crippen molar-refractivity contribution in [2.45, 2.75) is 61.5 Å². The third kappa shape index (κ3) is 9.39. The third-order valence-corrected chi connectivity index (χ3v) is 4.34. The number of alkyl carbamates (subject to hydrolysis) is 2. The largest absolute Gasteiger partial charge is 0.445 e. The van der Waals surface area contributed by atoms with Crippen LogP contribution < -0.4 is 10.6 Å². The molecule has 8 nitrogen and oxygen atoms in total. The average molecular weight is 461 g/mol. The van der Waals surface area contributed by atoms with Gasteiger partial charge in [0.2, 0.25) is 9.70 Å². The van der Waals surface area contributed by atoms with E-state index in [2.05, 4.69) is 10.6 Å². The van der Waals surface area contributed by atoms with Gasteiger partial charge in [0, 0.05) is 20.0 Å². The van der Waals surface area contributed by atoms with Crippen LogP contribution in [0, 0.1) is 5.92 Å². The van der Waals surface area contributed by atoms with Gasteiger partial charge in [-0.1, -0.05) is 34.8 Å². The molecule has 0 aromatic rings. The molecule has 0 saturated heterocycles. The molecule has 1 saturated carbocycles. The number of rotatable bonds is 4. The number of carbonyl (C=O) groups excluding carboxylic acids is 3. The number of amides is 3. The molecule has 3 amide bonds. The van der Waals surface area contributed by atoms with Crippen LogP contribution >= 0.6 is 34.8 Å². The summed E-state index contributed by atoms with van der Waals surface area (Å²) < 4.78 is 8.46. The van der Waals surface area contributed by atoms with Gasteiger partial charge < -0.3 is 25.0 Å². The van der Waals surface area contributed by atoms with Crippen LogP contribution in [0.25, 0.3) is 0 Å². The Balaban J connectivity index is 2.80. The first kappa shape index (κ1) is 24.9. The van der Waals surface area contributed by atoms with E-state index in [0.29, 0.717) is 19.3 Å². The van der Waals surface area contributed by atoms with Crippen LogP contribution in [-0.4, -0.2) is 65.2 Å². The monoisotopic (exact) mass is 459 g/mol. The molecule has 3 atom stereocenters. The van der Waals surface area contributed by atoms with E-state index in [-0.39, 0.29) is 11.8 Å². The van der Waals surface area contributed by atoms with Crippen molar-refractivity contribution in [3.05, 3.63) is 0 Å². The van der Waals surface area contributed by atoms with Gasteiger partial charge in [0.1, 0.15) is 12.2 Å². The summed E-state index contributed by atoms with van der Waals surface area (Å²) in [7, 11) is 3.36. The third-order valence-electron chi connectivity index (χ3n) is 4.01. The molecule has 1 rings (SSSR count). The minimum Gasteiger partial charge on any atom is -0.445 e. The van der Waals surface area contributed by atoms with Crippen molar-refractivity contribution < 1.29 is 23.9 Å². The maximum Gasteiger partial charge on any atom is 0.407 e. The lowest BCUT2D eigenvalue weighted by Crippen LogP contribution is -2.56. The summed E-state index contributed by atoms with van der Waals surface area (Å²) >= 11 is 16.7. The topological polar surface area (TPSA) is 97.0 Å². The van der Waals surface area contributed by atoms with E-state index in [4.69, 9.17) is 44.3 Å². The summed E-state index contributed by atoms with van der Waals surface area (Å²) in [5.41, 5.74) is -0.677. The maximum absolute atomic E-state index is 12.3. The maximum atomic E-state index is 12.3. The van der Waals surface area contributed by atoms with E-state index >= 15 is 0 Å². The number of ether oxygens (including phenoxy) is 2. The number of hydrogen-bond donors (Lipinski definition) is 2. The van der Waals surface area contributed by atoms with E-state index < -0.39 is 40.3 Å². The highest BCUT2D eigenvalue weighted by Crippen LogP contribution is 2.28. The molecule has 0 bridgehead atoms. The standard InChI is InChI=1S/C17H28Cl3N3O5/c1-16(2,3)28-15(26)22-12-8-10(13(24)23(4)5)6-7-11(12)21-14(25)27-9-17(18,19)20/h10-12H,6-9H2,1-5H3,(H,21,25)(H,22,26)/t10-,11-,12-/m0/s1. The highest BCUT2D eigenvalue weighted by molar-refractivity contribution is 6.67. The molecule has 0 heterocycles. The molecule has 1 fully saturated rings. The normalized spacial score (nSPS) is 22.8. The van der Waals surface area contributed by atoms with Gasteiger partial charge in [-0.2, -0.15) is 0 Å². The fourth-order valence-corrected chi connectivity index (χ4v) is 3.06. The van der Waals surface area contributed by atoms with Gasteiger partial charge in [0.25, 0.3) is 0 Å². The lowest BCUT2D eigenvalue weighted by Gasteiger charge is -2.37. The quantitative estimate of drug-likeness (QED) is 0.628. The van der Waals surface area contributed by atoms with Crippen LogP contribution in [0.2, 0.25) is 0 Å². The fourth-order valence-electron chi connectivity index (χ4n) is 2.89. The lowest BCUT2D eigenvalue weighted by molar-refractivity contribution is -0.134. The van der Waals surface area contributed by atoms with E-state index in [1.54, 1.807) is 34.9 Å². The zero-order chi connectivity index (χ0) is 21.7. The molecule has 162 valence electrons. The van der Waals surface area contributed by atoms with Crippen LogP contribution in [-0.2, 0) is 14.3 Å². The molecule has 0 spiro atoms. The highest BCUT2D eigenvalue weighted by atomic mass is 35.6. The molecule has 0 aliphatic heterocycles. The van der Waals surface area contributed by atoms with Gasteiger partial charge in [-0.05, 0) is 40.0 Å². The fraction of sp³-hybridized carbons (Fsp3) is 0.824. The molecule has 0 aromatic heterocycles. The summed E-state index contributed by atoms with van der Waals surface area (Å²) in [5.74, 6) is -0.307. The first-order valence-corrected chi connectivity index (χ1v) is 10.0. The first-order chi connectivity index (χ1) is 12.7. The molecule has 0 aromatic carbocycles. The Morgan fingerprint density at radius 1 is 1.00 bits per heavy atom. The summed E-state index contributed by atoms with van der Waals surface area (Å²) in [6.45, 7) is 4.82. The molecule has 1 aliphatic rings. The number of nitrogens with zero attached hydrogens (tertiary/aromatic N) is 1. The van der Waals surface area contributed by atoms with Crippen molar-refractivity contribution in [3.63, 3.8) is 0 Å². The van der Waals surface area contributed by atoms with Gasteiger partial charge in [-0.3, -0.25) is 4.79 Å². The lowest BCUT2D eigenvalue weighted by atomic mass is 9.81. The van der Waals surface area contributed by atoms with Crippen molar-refractivity contribution in [2.24, 2.45) is 5.92 Å². The Hall–Kier alpha value is -1.12. The summed E-state index contributed by atoms with van der Waals surface area (Å²) in [5, 5.41) is 5.41. The Morgan fingerprint density at radius 3 is 2.07 bits per heavy atom. The van der Waals surface area contributed by atoms with Crippen molar-refractivity contribution in [1.82, 2.24) is 15.5 Å². The summed E-state index contributed by atoms with van der Waals surface area (Å²) in [6, 6.07) is -0.973. The molecule has 28 heavy (non-hydrogen) atoms. The summed E-state index contributed by atoms with van der Waals surface area (Å²) in [4.78, 5) is 38.1. The molecule has 0 unspecified atom stereocenters. The van der Waals surface area contributed by atoms with E-state index in [0.717, 1.165) is 0 Å². The second-order valence-corrected chi connectivity index (χ2v) is 10.5. The second kappa shape index (κ2) is 10.1. The zero-order valence-corrected chi connectivity index (χ0v) is 19.0. The Kier molecular flexibility index (Phi) is 8.96. The molecule has 0 radical (unpaired) electrons. The van der Waals surface area contributed by atoms with Crippen molar-refractivity contribution >= 4 is 52.9 Å².